The van der Waals surface area contributed by atoms with Gasteiger partial charge in [-0.3, -0.25) is 14.9 Å². The Morgan fingerprint density at radius 2 is 1.11 bits per heavy atom. The molecule has 1 fully saturated rings. The number of anilines is 1. The number of nitrogens with one attached hydrogen (secondary N) is 1. The molecule has 4 nitrogen and oxygen atoms in total. The first-order valence-corrected chi connectivity index (χ1v) is 4.92. The lowest BCUT2D eigenvalue weighted by Gasteiger charge is -2.28. The maximum atomic E-state index is 13.4. The molecule has 19 heavy (non-hydrogen) atoms. The first-order chi connectivity index (χ1) is 8.82. The van der Waals surface area contributed by atoms with E-state index in [1.165, 1.54) is 0 Å². The topological polar surface area (TPSA) is 49.4 Å². The fourth-order valence-electron chi connectivity index (χ4n) is 1.67. The molecular formula is C10H5F5N2O2. The van der Waals surface area contributed by atoms with Crippen molar-refractivity contribution in [2.75, 3.05) is 18.0 Å². The number of piperazine rings is 1. The largest absolute Gasteiger partial charge is 0.348 e. The summed E-state index contributed by atoms with van der Waals surface area (Å²) in [4.78, 5) is 22.6. The van der Waals surface area contributed by atoms with Gasteiger partial charge in [0, 0.05) is 0 Å². The summed E-state index contributed by atoms with van der Waals surface area (Å²) in [6.45, 7) is -1.38. The van der Waals surface area contributed by atoms with Crippen LogP contribution < -0.4 is 10.2 Å². The highest BCUT2D eigenvalue weighted by Gasteiger charge is 2.32. The predicted octanol–water partition coefficient (Wildman–Crippen LogP) is 0.845. The lowest BCUT2D eigenvalue weighted by atomic mass is 10.2. The van der Waals surface area contributed by atoms with Crippen molar-refractivity contribution in [3.63, 3.8) is 0 Å². The molecule has 0 aliphatic carbocycles. The third-order valence-electron chi connectivity index (χ3n) is 2.45. The minimum Gasteiger partial charge on any atom is -0.348 e. The Morgan fingerprint density at radius 1 is 0.737 bits per heavy atom. The summed E-state index contributed by atoms with van der Waals surface area (Å²) >= 11 is 0. The Kier molecular flexibility index (Phi) is 3.13. The molecule has 2 amide bonds. The number of halogens is 5. The number of amides is 2. The van der Waals surface area contributed by atoms with Gasteiger partial charge in [-0.2, -0.15) is 0 Å². The highest BCUT2D eigenvalue weighted by Crippen LogP contribution is 2.30. The van der Waals surface area contributed by atoms with Crippen molar-refractivity contribution in [2.24, 2.45) is 0 Å². The van der Waals surface area contributed by atoms with Crippen LogP contribution >= 0.6 is 0 Å². The summed E-state index contributed by atoms with van der Waals surface area (Å²) in [5, 5.41) is 1.83. The van der Waals surface area contributed by atoms with E-state index in [1.807, 2.05) is 5.32 Å². The van der Waals surface area contributed by atoms with E-state index in [4.69, 9.17) is 0 Å². The third kappa shape index (κ3) is 2.11. The van der Waals surface area contributed by atoms with Crippen LogP contribution in [0.15, 0.2) is 0 Å². The average molecular weight is 280 g/mol. The average Bonchev–Trinajstić information content (AvgIpc) is 2.33. The van der Waals surface area contributed by atoms with Crippen LogP contribution in [0.5, 0.6) is 0 Å². The van der Waals surface area contributed by atoms with Gasteiger partial charge in [-0.15, -0.1) is 0 Å². The van der Waals surface area contributed by atoms with Crippen LogP contribution in [0.2, 0.25) is 0 Å². The molecule has 1 aromatic carbocycles. The van der Waals surface area contributed by atoms with Crippen molar-refractivity contribution in [1.82, 2.24) is 5.32 Å². The first kappa shape index (κ1) is 13.2. The summed E-state index contributed by atoms with van der Waals surface area (Å²) in [7, 11) is 0. The fraction of sp³-hybridized carbons (Fsp3) is 0.200. The smallest absolute Gasteiger partial charge is 0.246 e. The zero-order valence-corrected chi connectivity index (χ0v) is 9.07. The lowest BCUT2D eigenvalue weighted by Crippen LogP contribution is -2.52. The second kappa shape index (κ2) is 4.48. The zero-order chi connectivity index (χ0) is 14.3. The van der Waals surface area contributed by atoms with Gasteiger partial charge in [0.15, 0.2) is 23.3 Å². The molecule has 0 unspecified atom stereocenters. The summed E-state index contributed by atoms with van der Waals surface area (Å²) in [6.07, 6.45) is 0. The molecule has 1 aliphatic heterocycles. The van der Waals surface area contributed by atoms with Gasteiger partial charge in [0.2, 0.25) is 17.6 Å². The number of rotatable bonds is 1. The molecule has 102 valence electrons. The molecule has 0 radical (unpaired) electrons. The highest BCUT2D eigenvalue weighted by molar-refractivity contribution is 6.02. The number of carbonyl (C=O) groups excluding carboxylic acids is 2. The van der Waals surface area contributed by atoms with Crippen LogP contribution in [0, 0.1) is 29.1 Å². The van der Waals surface area contributed by atoms with E-state index in [1.54, 1.807) is 0 Å². The van der Waals surface area contributed by atoms with E-state index in [-0.39, 0.29) is 0 Å². The van der Waals surface area contributed by atoms with E-state index >= 15 is 0 Å². The Bertz CT molecular complexity index is 545. The molecule has 0 atom stereocenters. The zero-order valence-electron chi connectivity index (χ0n) is 9.07. The van der Waals surface area contributed by atoms with Crippen LogP contribution in [-0.2, 0) is 9.59 Å². The van der Waals surface area contributed by atoms with E-state index in [0.717, 1.165) is 0 Å². The maximum Gasteiger partial charge on any atom is 0.246 e. The molecule has 0 saturated carbocycles. The normalized spacial score (nSPS) is 15.7. The van der Waals surface area contributed by atoms with Gasteiger partial charge in [0.25, 0.3) is 0 Å². The van der Waals surface area contributed by atoms with Gasteiger partial charge in [-0.05, 0) is 0 Å². The highest BCUT2D eigenvalue weighted by atomic mass is 19.2. The number of imide groups is 1. The van der Waals surface area contributed by atoms with Crippen molar-refractivity contribution < 1.29 is 31.5 Å². The minimum atomic E-state index is -2.30. The maximum absolute atomic E-state index is 13.4. The lowest BCUT2D eigenvalue weighted by molar-refractivity contribution is -0.130. The Morgan fingerprint density at radius 3 is 1.53 bits per heavy atom. The van der Waals surface area contributed by atoms with Crippen molar-refractivity contribution in [3.8, 4) is 0 Å². The van der Waals surface area contributed by atoms with Gasteiger partial charge in [-0.1, -0.05) is 0 Å². The van der Waals surface area contributed by atoms with E-state index in [9.17, 15) is 31.5 Å². The number of nitrogens with zero attached hydrogens (tertiary/aromatic N) is 1. The molecule has 0 spiro atoms. The summed E-state index contributed by atoms with van der Waals surface area (Å²) in [5.41, 5.74) is -1.29. The van der Waals surface area contributed by atoms with E-state index < -0.39 is 59.7 Å². The van der Waals surface area contributed by atoms with Crippen molar-refractivity contribution >= 4 is 17.5 Å². The first-order valence-electron chi connectivity index (χ1n) is 4.92. The molecular weight excluding hydrogens is 275 g/mol. The number of hydrogen-bond acceptors (Lipinski definition) is 3. The molecule has 1 aromatic rings. The quantitative estimate of drug-likeness (QED) is 0.359. The van der Waals surface area contributed by atoms with Gasteiger partial charge in [0.1, 0.15) is 5.69 Å². The molecule has 2 rings (SSSR count). The van der Waals surface area contributed by atoms with Crippen LogP contribution in [0.25, 0.3) is 0 Å². The van der Waals surface area contributed by atoms with Gasteiger partial charge >= 0.3 is 0 Å². The van der Waals surface area contributed by atoms with E-state index in [0.29, 0.717) is 4.90 Å². The summed E-state index contributed by atoms with van der Waals surface area (Å²) < 4.78 is 65.7. The van der Waals surface area contributed by atoms with E-state index in [2.05, 4.69) is 0 Å². The Labute approximate surface area is 102 Å². The van der Waals surface area contributed by atoms with Gasteiger partial charge in [0.05, 0.1) is 13.1 Å². The molecule has 9 heteroatoms. The molecule has 1 saturated heterocycles. The SMILES string of the molecule is O=C1CN(c2c(F)c(F)c(F)c(F)c2F)CC(=O)N1. The van der Waals surface area contributed by atoms with Crippen molar-refractivity contribution in [3.05, 3.63) is 29.1 Å². The molecule has 0 aromatic heterocycles. The van der Waals surface area contributed by atoms with Crippen LogP contribution in [-0.4, -0.2) is 24.9 Å². The molecule has 0 bridgehead atoms. The van der Waals surface area contributed by atoms with Crippen molar-refractivity contribution in [2.45, 2.75) is 0 Å². The standard InChI is InChI=1S/C10H5F5N2O2/c11-5-6(12)8(14)10(9(15)7(5)13)17-1-3(18)16-4(19)2-17/h1-2H2,(H,16,18,19). The van der Waals surface area contributed by atoms with Gasteiger partial charge < -0.3 is 4.90 Å². The van der Waals surface area contributed by atoms with Crippen molar-refractivity contribution in [1.29, 1.82) is 0 Å². The molecule has 1 heterocycles. The second-order valence-electron chi connectivity index (χ2n) is 3.75. The monoisotopic (exact) mass is 280 g/mol. The molecule has 1 aliphatic rings. The number of carbonyl (C=O) groups is 2. The summed E-state index contributed by atoms with van der Waals surface area (Å²) in [5.74, 6) is -12.5. The third-order valence-corrected chi connectivity index (χ3v) is 2.45. The van der Waals surface area contributed by atoms with Crippen LogP contribution in [0.4, 0.5) is 27.6 Å². The fourth-order valence-corrected chi connectivity index (χ4v) is 1.67. The Balaban J connectivity index is 2.56. The predicted molar refractivity (Wildman–Crippen MR) is 51.6 cm³/mol. The number of benzene rings is 1. The van der Waals surface area contributed by atoms with Gasteiger partial charge in [-0.25, -0.2) is 22.0 Å². The summed E-state index contributed by atoms with van der Waals surface area (Å²) in [6, 6.07) is 0. The van der Waals surface area contributed by atoms with Crippen LogP contribution in [0.3, 0.4) is 0 Å². The van der Waals surface area contributed by atoms with Crippen LogP contribution in [0.1, 0.15) is 0 Å². The minimum absolute atomic E-state index is 0.484. The Hall–Kier alpha value is -2.19. The second-order valence-corrected chi connectivity index (χ2v) is 3.75. The number of hydrogen-bond donors (Lipinski definition) is 1. The molecule has 1 N–H and O–H groups in total.